The monoisotopic (exact) mass is 278 g/mol. The second-order valence-electron chi connectivity index (χ2n) is 5.96. The highest BCUT2D eigenvalue weighted by molar-refractivity contribution is 5.79. The van der Waals surface area contributed by atoms with Crippen LogP contribution in [0.25, 0.3) is 0 Å². The highest BCUT2D eigenvalue weighted by Gasteiger charge is 2.30. The normalized spacial score (nSPS) is 24.6. The molecule has 1 aliphatic carbocycles. The van der Waals surface area contributed by atoms with Crippen LogP contribution >= 0.6 is 0 Å². The Balaban J connectivity index is 2.24. The molecule has 4 heteroatoms. The molecule has 1 amide bonds. The van der Waals surface area contributed by atoms with Crippen molar-refractivity contribution >= 4 is 5.91 Å². The van der Waals surface area contributed by atoms with Crippen LogP contribution in [-0.2, 0) is 11.2 Å². The Morgan fingerprint density at radius 2 is 2.15 bits per heavy atom. The van der Waals surface area contributed by atoms with Crippen molar-refractivity contribution in [2.24, 2.45) is 17.6 Å². The molecule has 0 aromatic heterocycles. The summed E-state index contributed by atoms with van der Waals surface area (Å²) in [6.07, 6.45) is 1.61. The van der Waals surface area contributed by atoms with E-state index in [1.807, 2.05) is 19.9 Å². The molecule has 0 radical (unpaired) electrons. The fourth-order valence-electron chi connectivity index (χ4n) is 2.72. The molecule has 0 saturated heterocycles. The maximum Gasteiger partial charge on any atom is 0.224 e. The van der Waals surface area contributed by atoms with Crippen molar-refractivity contribution in [2.75, 3.05) is 0 Å². The summed E-state index contributed by atoms with van der Waals surface area (Å²) in [4.78, 5) is 12.2. The van der Waals surface area contributed by atoms with Gasteiger partial charge in [0, 0.05) is 12.0 Å². The average molecular weight is 278 g/mol. The summed E-state index contributed by atoms with van der Waals surface area (Å²) >= 11 is 0. The van der Waals surface area contributed by atoms with Crippen LogP contribution in [0.3, 0.4) is 0 Å². The molecular weight excluding hydrogens is 255 g/mol. The van der Waals surface area contributed by atoms with Gasteiger partial charge in [0.05, 0.1) is 6.04 Å². The van der Waals surface area contributed by atoms with E-state index in [0.717, 1.165) is 24.0 Å². The minimum atomic E-state index is -0.249. The summed E-state index contributed by atoms with van der Waals surface area (Å²) in [5, 5.41) is 3.05. The van der Waals surface area contributed by atoms with Crippen molar-refractivity contribution < 1.29 is 9.18 Å². The Morgan fingerprint density at radius 3 is 2.80 bits per heavy atom. The third kappa shape index (κ3) is 2.85. The van der Waals surface area contributed by atoms with E-state index in [0.29, 0.717) is 5.92 Å². The molecule has 4 atom stereocenters. The fourth-order valence-corrected chi connectivity index (χ4v) is 2.72. The summed E-state index contributed by atoms with van der Waals surface area (Å²) < 4.78 is 13.9. The van der Waals surface area contributed by atoms with Crippen molar-refractivity contribution in [1.82, 2.24) is 5.32 Å². The molecule has 3 N–H and O–H groups in total. The van der Waals surface area contributed by atoms with E-state index < -0.39 is 0 Å². The van der Waals surface area contributed by atoms with Gasteiger partial charge in [-0.15, -0.1) is 0 Å². The van der Waals surface area contributed by atoms with Crippen molar-refractivity contribution in [3.05, 3.63) is 35.1 Å². The number of fused-ring (bicyclic) bond motifs is 1. The van der Waals surface area contributed by atoms with E-state index in [9.17, 15) is 9.18 Å². The molecule has 1 aromatic carbocycles. The molecule has 0 spiro atoms. The van der Waals surface area contributed by atoms with E-state index in [4.69, 9.17) is 5.73 Å². The van der Waals surface area contributed by atoms with Gasteiger partial charge in [-0.3, -0.25) is 4.79 Å². The van der Waals surface area contributed by atoms with Gasteiger partial charge < -0.3 is 11.1 Å². The number of carbonyl (C=O) groups excluding carboxylic acids is 1. The molecule has 0 aliphatic heterocycles. The smallest absolute Gasteiger partial charge is 0.224 e. The van der Waals surface area contributed by atoms with Crippen molar-refractivity contribution in [2.45, 2.75) is 45.7 Å². The maximum atomic E-state index is 13.9. The minimum absolute atomic E-state index is 0.0611. The van der Waals surface area contributed by atoms with Crippen LogP contribution in [0.1, 0.15) is 44.4 Å². The summed E-state index contributed by atoms with van der Waals surface area (Å²) in [7, 11) is 0. The molecule has 0 heterocycles. The molecule has 0 fully saturated rings. The van der Waals surface area contributed by atoms with Gasteiger partial charge in [0.1, 0.15) is 5.82 Å². The van der Waals surface area contributed by atoms with Gasteiger partial charge in [0.2, 0.25) is 5.91 Å². The summed E-state index contributed by atoms with van der Waals surface area (Å²) in [6, 6.07) is 4.79. The predicted octanol–water partition coefficient (Wildman–Crippen LogP) is 2.55. The van der Waals surface area contributed by atoms with Gasteiger partial charge in [0.15, 0.2) is 0 Å². The average Bonchev–Trinajstić information content (AvgIpc) is 2.41. The predicted molar refractivity (Wildman–Crippen MR) is 77.6 cm³/mol. The topological polar surface area (TPSA) is 55.1 Å². The van der Waals surface area contributed by atoms with E-state index in [1.165, 1.54) is 6.07 Å². The Bertz CT molecular complexity index is 501. The Morgan fingerprint density at radius 1 is 1.45 bits per heavy atom. The van der Waals surface area contributed by atoms with Gasteiger partial charge in [-0.2, -0.15) is 0 Å². The molecule has 0 bridgehead atoms. The lowest BCUT2D eigenvalue weighted by molar-refractivity contribution is -0.126. The van der Waals surface area contributed by atoms with Crippen LogP contribution in [0.15, 0.2) is 18.2 Å². The second-order valence-corrected chi connectivity index (χ2v) is 5.96. The van der Waals surface area contributed by atoms with Gasteiger partial charge >= 0.3 is 0 Å². The lowest BCUT2D eigenvalue weighted by Gasteiger charge is -2.33. The quantitative estimate of drug-likeness (QED) is 0.892. The summed E-state index contributed by atoms with van der Waals surface area (Å²) in [6.45, 7) is 5.73. The van der Waals surface area contributed by atoms with Crippen molar-refractivity contribution in [3.63, 3.8) is 0 Å². The molecule has 4 unspecified atom stereocenters. The standard InChI is InChI=1S/C16H23FN2O/c1-9-7-8-12-13(5-4-6-14(12)17)15(9)19-16(20)10(2)11(3)18/h4-6,9-11,15H,7-8,18H2,1-3H3,(H,19,20). The molecule has 3 nitrogen and oxygen atoms in total. The van der Waals surface area contributed by atoms with Gasteiger partial charge in [-0.25, -0.2) is 4.39 Å². The van der Waals surface area contributed by atoms with Crippen LogP contribution in [-0.4, -0.2) is 11.9 Å². The van der Waals surface area contributed by atoms with E-state index in [1.54, 1.807) is 6.07 Å². The number of nitrogens with two attached hydrogens (primary N) is 1. The van der Waals surface area contributed by atoms with Gasteiger partial charge in [0.25, 0.3) is 0 Å². The van der Waals surface area contributed by atoms with E-state index in [-0.39, 0.29) is 29.7 Å². The van der Waals surface area contributed by atoms with Crippen molar-refractivity contribution in [3.8, 4) is 0 Å². The minimum Gasteiger partial charge on any atom is -0.349 e. The number of amides is 1. The number of hydrogen-bond acceptors (Lipinski definition) is 2. The van der Waals surface area contributed by atoms with Crippen molar-refractivity contribution in [1.29, 1.82) is 0 Å². The number of rotatable bonds is 3. The van der Waals surface area contributed by atoms with E-state index >= 15 is 0 Å². The van der Waals surface area contributed by atoms with Crippen LogP contribution in [0, 0.1) is 17.7 Å². The van der Waals surface area contributed by atoms with Crippen LogP contribution in [0.4, 0.5) is 4.39 Å². The first-order valence-electron chi connectivity index (χ1n) is 7.25. The molecule has 2 rings (SSSR count). The number of hydrogen-bond donors (Lipinski definition) is 2. The van der Waals surface area contributed by atoms with Crippen LogP contribution in [0.5, 0.6) is 0 Å². The van der Waals surface area contributed by atoms with Crippen LogP contribution in [0.2, 0.25) is 0 Å². The number of carbonyl (C=O) groups is 1. The molecule has 1 aliphatic rings. The van der Waals surface area contributed by atoms with Gasteiger partial charge in [-0.05, 0) is 42.9 Å². The summed E-state index contributed by atoms with van der Waals surface area (Å²) in [5.74, 6) is -0.183. The summed E-state index contributed by atoms with van der Waals surface area (Å²) in [5.41, 5.74) is 7.43. The number of nitrogens with one attached hydrogen (secondary N) is 1. The zero-order valence-corrected chi connectivity index (χ0v) is 12.3. The third-order valence-electron chi connectivity index (χ3n) is 4.41. The molecular formula is C16H23FN2O. The molecule has 110 valence electrons. The van der Waals surface area contributed by atoms with E-state index in [2.05, 4.69) is 12.2 Å². The fraction of sp³-hybridized carbons (Fsp3) is 0.562. The largest absolute Gasteiger partial charge is 0.349 e. The number of benzene rings is 1. The molecule has 20 heavy (non-hydrogen) atoms. The van der Waals surface area contributed by atoms with Gasteiger partial charge in [-0.1, -0.05) is 26.0 Å². The SMILES string of the molecule is CC(N)C(C)C(=O)NC1c2cccc(F)c2CCC1C. The molecule has 1 aromatic rings. The number of halogens is 1. The lowest BCUT2D eigenvalue weighted by atomic mass is 9.80. The van der Waals surface area contributed by atoms with Crippen LogP contribution < -0.4 is 11.1 Å². The Kier molecular flexibility index (Phi) is 4.43. The second kappa shape index (κ2) is 5.92. The zero-order valence-electron chi connectivity index (χ0n) is 12.3. The Hall–Kier alpha value is -1.42. The first kappa shape index (κ1) is 15.0. The third-order valence-corrected chi connectivity index (χ3v) is 4.41. The molecule has 0 saturated carbocycles. The first-order valence-corrected chi connectivity index (χ1v) is 7.25. The highest BCUT2D eigenvalue weighted by atomic mass is 19.1. The lowest BCUT2D eigenvalue weighted by Crippen LogP contribution is -2.43. The first-order chi connectivity index (χ1) is 9.41. The maximum absolute atomic E-state index is 13.9. The highest BCUT2D eigenvalue weighted by Crippen LogP contribution is 2.35. The zero-order chi connectivity index (χ0) is 14.9. The Labute approximate surface area is 119 Å².